The number of likely N-dealkylation sites (tertiary alicyclic amines) is 1. The Hall–Kier alpha value is -4.26. The van der Waals surface area contributed by atoms with Crippen LogP contribution in [0, 0.1) is 28.6 Å². The zero-order valence-electron chi connectivity index (χ0n) is 29.3. The number of urea groups is 1. The van der Waals surface area contributed by atoms with Crippen molar-refractivity contribution in [1.29, 1.82) is 0 Å². The zero-order valence-corrected chi connectivity index (χ0v) is 30.2. The molecule has 0 aromatic heterocycles. The monoisotopic (exact) mass is 707 g/mol. The molecule has 50 heavy (non-hydrogen) atoms. The van der Waals surface area contributed by atoms with Crippen molar-refractivity contribution in [2.24, 2.45) is 34.3 Å². The predicted octanol–water partition coefficient (Wildman–Crippen LogP) is 2.88. The third-order valence-corrected chi connectivity index (χ3v) is 12.1. The first kappa shape index (κ1) is 37.0. The van der Waals surface area contributed by atoms with Gasteiger partial charge in [-0.05, 0) is 46.1 Å². The summed E-state index contributed by atoms with van der Waals surface area (Å²) >= 11 is 0. The number of nitrogens with zero attached hydrogens (tertiary/aromatic N) is 1. The number of rotatable bonds is 14. The molecule has 1 unspecified atom stereocenters. The minimum atomic E-state index is -3.68. The lowest BCUT2D eigenvalue weighted by molar-refractivity contribution is -0.145. The fraction of sp³-hybridized carbons (Fsp3) is 0.541. The van der Waals surface area contributed by atoms with Crippen molar-refractivity contribution >= 4 is 39.4 Å². The van der Waals surface area contributed by atoms with Gasteiger partial charge in [0.15, 0.2) is 9.84 Å². The number of carbonyl (C=O) groups excluding carboxylic acids is 5. The lowest BCUT2D eigenvalue weighted by Gasteiger charge is -2.38. The molecule has 3 fully saturated rings. The number of fused-ring (bicyclic) bond motifs is 1. The van der Waals surface area contributed by atoms with Crippen molar-refractivity contribution in [2.75, 3.05) is 12.3 Å². The second-order valence-corrected chi connectivity index (χ2v) is 17.9. The molecule has 2 aromatic carbocycles. The Labute approximate surface area is 294 Å². The third kappa shape index (κ3) is 8.54. The van der Waals surface area contributed by atoms with Gasteiger partial charge in [-0.25, -0.2) is 13.2 Å². The summed E-state index contributed by atoms with van der Waals surface area (Å²) in [5, 5.41) is 8.36. The first-order chi connectivity index (χ1) is 23.4. The van der Waals surface area contributed by atoms with Crippen molar-refractivity contribution in [2.45, 2.75) is 83.8 Å². The van der Waals surface area contributed by atoms with E-state index in [0.717, 1.165) is 12.8 Å². The lowest BCUT2D eigenvalue weighted by Crippen LogP contribution is -2.61. The van der Waals surface area contributed by atoms with E-state index >= 15 is 0 Å². The van der Waals surface area contributed by atoms with Crippen LogP contribution in [-0.2, 0) is 34.8 Å². The third-order valence-electron chi connectivity index (χ3n) is 10.4. The SMILES string of the molecule is CC(C)(C)[C@H](NC(=O)N[C@H](CS(=O)(=O)Cc1ccccc1)c1ccccc1)C(=O)N1C[C@H]2[C@@H]([C@H]1C(=O)NC(CC1CC1)C(=O)C(N)=O)C2(C)C. The minimum absolute atomic E-state index is 0.0302. The number of carbonyl (C=O) groups is 5. The van der Waals surface area contributed by atoms with Gasteiger partial charge in [-0.15, -0.1) is 0 Å². The van der Waals surface area contributed by atoms with E-state index in [9.17, 15) is 32.4 Å². The summed E-state index contributed by atoms with van der Waals surface area (Å²) in [4.78, 5) is 67.9. The van der Waals surface area contributed by atoms with E-state index in [1.54, 1.807) is 81.4 Å². The van der Waals surface area contributed by atoms with Gasteiger partial charge in [0, 0.05) is 6.54 Å². The summed E-state index contributed by atoms with van der Waals surface area (Å²) < 4.78 is 26.6. The Morgan fingerprint density at radius 2 is 1.52 bits per heavy atom. The minimum Gasteiger partial charge on any atom is -0.363 e. The van der Waals surface area contributed by atoms with Gasteiger partial charge < -0.3 is 26.6 Å². The van der Waals surface area contributed by atoms with Crippen LogP contribution in [-0.4, -0.2) is 73.3 Å². The summed E-state index contributed by atoms with van der Waals surface area (Å²) in [5.41, 5.74) is 5.48. The number of sulfone groups is 1. The molecule has 5 amide bonds. The molecule has 0 radical (unpaired) electrons. The van der Waals surface area contributed by atoms with Crippen molar-refractivity contribution in [3.05, 3.63) is 71.8 Å². The highest BCUT2D eigenvalue weighted by Gasteiger charge is 2.70. The van der Waals surface area contributed by atoms with Crippen LogP contribution in [0.2, 0.25) is 0 Å². The molecule has 1 saturated heterocycles. The molecule has 1 heterocycles. The van der Waals surface area contributed by atoms with Crippen molar-refractivity contribution in [3.8, 4) is 0 Å². The van der Waals surface area contributed by atoms with E-state index in [1.807, 2.05) is 13.8 Å². The van der Waals surface area contributed by atoms with Crippen LogP contribution in [0.3, 0.4) is 0 Å². The highest BCUT2D eigenvalue weighted by Crippen LogP contribution is 2.65. The van der Waals surface area contributed by atoms with Gasteiger partial charge in [-0.1, -0.05) is 108 Å². The number of amides is 5. The first-order valence-electron chi connectivity index (χ1n) is 17.2. The molecule has 2 aromatic rings. The Kier molecular flexibility index (Phi) is 10.5. The van der Waals surface area contributed by atoms with Crippen molar-refractivity contribution in [3.63, 3.8) is 0 Å². The average molecular weight is 708 g/mol. The number of nitrogens with two attached hydrogens (primary N) is 1. The molecular weight excluding hydrogens is 659 g/mol. The molecule has 0 spiro atoms. The number of piperidine rings is 1. The van der Waals surface area contributed by atoms with Crippen LogP contribution in [0.25, 0.3) is 0 Å². The number of hydrogen-bond donors (Lipinski definition) is 4. The molecule has 2 saturated carbocycles. The Morgan fingerprint density at radius 1 is 0.920 bits per heavy atom. The molecule has 6 atom stereocenters. The summed E-state index contributed by atoms with van der Waals surface area (Å²) in [6, 6.07) is 12.8. The summed E-state index contributed by atoms with van der Waals surface area (Å²) in [5.74, 6) is -3.48. The average Bonchev–Trinajstić information content (AvgIpc) is 3.89. The molecule has 1 aliphatic heterocycles. The summed E-state index contributed by atoms with van der Waals surface area (Å²) in [6.45, 7) is 9.73. The van der Waals surface area contributed by atoms with Crippen LogP contribution in [0.4, 0.5) is 4.79 Å². The van der Waals surface area contributed by atoms with Crippen molar-refractivity contribution in [1.82, 2.24) is 20.9 Å². The molecule has 2 aliphatic carbocycles. The molecule has 12 nitrogen and oxygen atoms in total. The topological polar surface area (TPSA) is 185 Å². The largest absolute Gasteiger partial charge is 0.363 e. The van der Waals surface area contributed by atoms with Gasteiger partial charge >= 0.3 is 6.03 Å². The Balaban J connectivity index is 1.34. The maximum atomic E-state index is 14.4. The van der Waals surface area contributed by atoms with E-state index in [0.29, 0.717) is 17.5 Å². The Morgan fingerprint density at radius 3 is 2.08 bits per heavy atom. The fourth-order valence-electron chi connectivity index (χ4n) is 7.35. The smallest absolute Gasteiger partial charge is 0.315 e. The zero-order chi connectivity index (χ0) is 36.6. The first-order valence-corrected chi connectivity index (χ1v) is 19.0. The van der Waals surface area contributed by atoms with Crippen LogP contribution >= 0.6 is 0 Å². The molecule has 5 rings (SSSR count). The standard InChI is InChI=1S/C37H49N5O7S/c1-36(2,3)31(41-35(47)40-27(24-14-10-7-11-15-24)21-50(48,49)20-23-12-8-6-9-13-23)34(46)42-19-25-28(37(25,4)5)29(42)33(45)39-26(18-22-16-17-22)30(43)32(38)44/h6-15,22,25-29,31H,16-21H2,1-5H3,(H2,38,44)(H,39,45)(H2,40,41,47)/t25-,26?,27+,28-,29-,31+/m0/s1. The fourth-order valence-corrected chi connectivity index (χ4v) is 8.96. The van der Waals surface area contributed by atoms with Gasteiger partial charge in [0.05, 0.1) is 23.6 Å². The highest BCUT2D eigenvalue weighted by atomic mass is 32.2. The van der Waals surface area contributed by atoms with Gasteiger partial charge in [0.25, 0.3) is 5.91 Å². The van der Waals surface area contributed by atoms with E-state index in [2.05, 4.69) is 16.0 Å². The van der Waals surface area contributed by atoms with E-state index in [4.69, 9.17) is 5.73 Å². The van der Waals surface area contributed by atoms with Gasteiger partial charge in [0.2, 0.25) is 17.6 Å². The predicted molar refractivity (Wildman–Crippen MR) is 188 cm³/mol. The van der Waals surface area contributed by atoms with Crippen molar-refractivity contribution < 1.29 is 32.4 Å². The number of nitrogens with one attached hydrogen (secondary N) is 3. The van der Waals surface area contributed by atoms with E-state index in [1.165, 1.54) is 4.90 Å². The van der Waals surface area contributed by atoms with Gasteiger partial charge in [-0.2, -0.15) is 0 Å². The van der Waals surface area contributed by atoms with Gasteiger partial charge in [0.1, 0.15) is 12.1 Å². The quantitative estimate of drug-likeness (QED) is 0.218. The second-order valence-electron chi connectivity index (χ2n) is 15.8. The molecule has 5 N–H and O–H groups in total. The van der Waals surface area contributed by atoms with Crippen LogP contribution in [0.5, 0.6) is 0 Å². The second kappa shape index (κ2) is 14.2. The molecule has 3 aliphatic rings. The molecule has 13 heteroatoms. The number of ketones is 1. The maximum absolute atomic E-state index is 14.4. The van der Waals surface area contributed by atoms with Gasteiger partial charge in [-0.3, -0.25) is 19.2 Å². The molecule has 0 bridgehead atoms. The normalized spacial score (nSPS) is 22.7. The van der Waals surface area contributed by atoms with E-state index < -0.39 is 69.0 Å². The van der Waals surface area contributed by atoms with Crippen LogP contribution in [0.15, 0.2) is 60.7 Å². The number of primary amides is 1. The molecule has 270 valence electrons. The summed E-state index contributed by atoms with van der Waals surface area (Å²) in [6.07, 6.45) is 2.10. The van der Waals surface area contributed by atoms with E-state index in [-0.39, 0.29) is 41.2 Å². The number of hydrogen-bond acceptors (Lipinski definition) is 7. The Bertz CT molecular complexity index is 1720. The lowest BCUT2D eigenvalue weighted by atomic mass is 9.85. The summed E-state index contributed by atoms with van der Waals surface area (Å²) in [7, 11) is -3.68. The molecular formula is C37H49N5O7S. The van der Waals surface area contributed by atoms with Crippen LogP contribution in [0.1, 0.15) is 71.0 Å². The number of benzene rings is 2. The maximum Gasteiger partial charge on any atom is 0.315 e. The number of Topliss-reactive ketones (excluding diaryl/α,β-unsaturated/α-hetero) is 1. The highest BCUT2D eigenvalue weighted by molar-refractivity contribution is 7.90. The van der Waals surface area contributed by atoms with Crippen LogP contribution < -0.4 is 21.7 Å².